The van der Waals surface area contributed by atoms with Crippen LogP contribution in [0.3, 0.4) is 0 Å². The standard InChI is InChI=1S/C15H16ClF3N2O4S3/c1-9-11(16)4-3-5-13(9)27(22,23)21-12-8-26-7-10(12)6-14(2,20)28(24,25)15(17,18)19/h3-5,7-8,21H,6,20H2,1-2H3. The summed E-state index contributed by atoms with van der Waals surface area (Å²) >= 11 is 6.92. The van der Waals surface area contributed by atoms with E-state index in [1.165, 1.54) is 35.9 Å². The summed E-state index contributed by atoms with van der Waals surface area (Å²) in [6.45, 7) is 2.23. The van der Waals surface area contributed by atoms with Crippen LogP contribution in [0.5, 0.6) is 0 Å². The molecule has 1 aromatic heterocycles. The summed E-state index contributed by atoms with van der Waals surface area (Å²) < 4.78 is 89.5. The molecule has 1 heterocycles. The molecule has 0 radical (unpaired) electrons. The van der Waals surface area contributed by atoms with Gasteiger partial charge in [0, 0.05) is 16.8 Å². The van der Waals surface area contributed by atoms with E-state index in [2.05, 4.69) is 4.72 Å². The minimum Gasteiger partial charge on any atom is -0.312 e. The van der Waals surface area contributed by atoms with Crippen LogP contribution < -0.4 is 10.5 Å². The van der Waals surface area contributed by atoms with E-state index in [-0.39, 0.29) is 26.7 Å². The Morgan fingerprint density at radius 3 is 2.36 bits per heavy atom. The summed E-state index contributed by atoms with van der Waals surface area (Å²) in [5, 5.41) is 2.89. The molecule has 2 rings (SSSR count). The lowest BCUT2D eigenvalue weighted by molar-refractivity contribution is -0.0457. The molecular weight excluding hydrogens is 461 g/mol. The van der Waals surface area contributed by atoms with Crippen molar-refractivity contribution in [2.24, 2.45) is 5.73 Å². The first kappa shape index (κ1) is 22.9. The molecule has 156 valence electrons. The molecule has 0 bridgehead atoms. The summed E-state index contributed by atoms with van der Waals surface area (Å²) in [5.41, 5.74) is 0.175. The summed E-state index contributed by atoms with van der Waals surface area (Å²) in [6, 6.07) is 4.26. The van der Waals surface area contributed by atoms with Crippen LogP contribution in [0.2, 0.25) is 5.02 Å². The number of anilines is 1. The van der Waals surface area contributed by atoms with Gasteiger partial charge in [-0.1, -0.05) is 17.7 Å². The average molecular weight is 477 g/mol. The highest BCUT2D eigenvalue weighted by atomic mass is 35.5. The highest BCUT2D eigenvalue weighted by Gasteiger charge is 2.55. The maximum Gasteiger partial charge on any atom is 0.499 e. The van der Waals surface area contributed by atoms with Gasteiger partial charge in [-0.3, -0.25) is 4.72 Å². The van der Waals surface area contributed by atoms with Crippen LogP contribution in [-0.2, 0) is 26.3 Å². The number of rotatable bonds is 6. The molecule has 1 unspecified atom stereocenters. The number of nitrogens with two attached hydrogens (primary N) is 1. The molecule has 6 nitrogen and oxygen atoms in total. The van der Waals surface area contributed by atoms with E-state index in [9.17, 15) is 30.0 Å². The monoisotopic (exact) mass is 476 g/mol. The van der Waals surface area contributed by atoms with Crippen LogP contribution in [0.25, 0.3) is 0 Å². The third kappa shape index (κ3) is 4.30. The van der Waals surface area contributed by atoms with E-state index in [1.54, 1.807) is 0 Å². The van der Waals surface area contributed by atoms with Gasteiger partial charge >= 0.3 is 5.51 Å². The number of hydrogen-bond acceptors (Lipinski definition) is 6. The summed E-state index contributed by atoms with van der Waals surface area (Å²) in [7, 11) is -9.81. The van der Waals surface area contributed by atoms with Gasteiger partial charge in [-0.25, -0.2) is 16.8 Å². The molecule has 0 aliphatic rings. The van der Waals surface area contributed by atoms with Gasteiger partial charge in [0.25, 0.3) is 19.9 Å². The Morgan fingerprint density at radius 1 is 1.18 bits per heavy atom. The van der Waals surface area contributed by atoms with E-state index in [0.717, 1.165) is 18.3 Å². The van der Waals surface area contributed by atoms with Gasteiger partial charge in [0.15, 0.2) is 0 Å². The normalized spacial score (nSPS) is 15.2. The van der Waals surface area contributed by atoms with Crippen molar-refractivity contribution in [3.05, 3.63) is 45.1 Å². The number of thiophene rings is 1. The van der Waals surface area contributed by atoms with Crippen molar-refractivity contribution in [2.75, 3.05) is 4.72 Å². The summed E-state index contributed by atoms with van der Waals surface area (Å²) in [4.78, 5) is -2.80. The second-order valence-electron chi connectivity index (χ2n) is 6.22. The molecule has 28 heavy (non-hydrogen) atoms. The topological polar surface area (TPSA) is 106 Å². The van der Waals surface area contributed by atoms with Gasteiger partial charge in [0.2, 0.25) is 0 Å². The smallest absolute Gasteiger partial charge is 0.312 e. The average Bonchev–Trinajstić information content (AvgIpc) is 2.94. The first-order valence-corrected chi connectivity index (χ1v) is 11.8. The zero-order chi connectivity index (χ0) is 21.5. The molecule has 0 aliphatic heterocycles. The maximum atomic E-state index is 12.8. The molecule has 2 aromatic rings. The predicted molar refractivity (Wildman–Crippen MR) is 103 cm³/mol. The molecule has 0 amide bonds. The second-order valence-corrected chi connectivity index (χ2v) is 11.4. The van der Waals surface area contributed by atoms with Crippen molar-refractivity contribution in [3.8, 4) is 0 Å². The zero-order valence-corrected chi connectivity index (χ0v) is 17.7. The number of alkyl halides is 3. The van der Waals surface area contributed by atoms with Crippen molar-refractivity contribution in [1.29, 1.82) is 0 Å². The number of sulfonamides is 1. The predicted octanol–water partition coefficient (Wildman–Crippen LogP) is 3.66. The molecule has 1 aromatic carbocycles. The fourth-order valence-corrected chi connectivity index (χ4v) is 5.69. The van der Waals surface area contributed by atoms with Gasteiger partial charge in [-0.05, 0) is 42.5 Å². The van der Waals surface area contributed by atoms with Crippen molar-refractivity contribution in [1.82, 2.24) is 0 Å². The van der Waals surface area contributed by atoms with E-state index >= 15 is 0 Å². The molecule has 0 saturated carbocycles. The fourth-order valence-electron chi connectivity index (χ4n) is 2.37. The Bertz CT molecular complexity index is 1090. The Kier molecular flexibility index (Phi) is 6.13. The minimum absolute atomic E-state index is 0.0195. The zero-order valence-electron chi connectivity index (χ0n) is 14.5. The largest absolute Gasteiger partial charge is 0.499 e. The molecule has 1 atom stereocenters. The van der Waals surface area contributed by atoms with E-state index < -0.39 is 36.7 Å². The Labute approximate surface area is 169 Å². The Hall–Kier alpha value is -1.34. The quantitative estimate of drug-likeness (QED) is 0.661. The van der Waals surface area contributed by atoms with Crippen molar-refractivity contribution < 1.29 is 30.0 Å². The van der Waals surface area contributed by atoms with Gasteiger partial charge in [0.05, 0.1) is 10.6 Å². The number of hydrogen-bond donors (Lipinski definition) is 2. The van der Waals surface area contributed by atoms with E-state index in [1.807, 2.05) is 0 Å². The number of nitrogens with one attached hydrogen (secondary N) is 1. The molecule has 0 saturated heterocycles. The third-order valence-electron chi connectivity index (χ3n) is 3.95. The van der Waals surface area contributed by atoms with Gasteiger partial charge in [-0.15, -0.1) is 11.3 Å². The third-order valence-corrected chi connectivity index (χ3v) is 8.65. The fraction of sp³-hybridized carbons (Fsp3) is 0.333. The molecule has 3 N–H and O–H groups in total. The SMILES string of the molecule is Cc1c(Cl)cccc1S(=O)(=O)Nc1cscc1CC(C)(N)S(=O)(=O)C(F)(F)F. The van der Waals surface area contributed by atoms with E-state index in [0.29, 0.717) is 0 Å². The summed E-state index contributed by atoms with van der Waals surface area (Å²) in [6.07, 6.45) is -0.745. The molecule has 0 fully saturated rings. The van der Waals surface area contributed by atoms with Crippen LogP contribution in [0.4, 0.5) is 18.9 Å². The number of sulfone groups is 1. The van der Waals surface area contributed by atoms with Crippen LogP contribution >= 0.6 is 22.9 Å². The molecular formula is C15H16ClF3N2O4S3. The lowest BCUT2D eigenvalue weighted by Crippen LogP contribution is -2.52. The maximum absolute atomic E-state index is 12.8. The Balaban J connectivity index is 2.38. The number of benzene rings is 1. The van der Waals surface area contributed by atoms with Crippen LogP contribution in [0.1, 0.15) is 18.1 Å². The lowest BCUT2D eigenvalue weighted by Gasteiger charge is -2.26. The van der Waals surface area contributed by atoms with Crippen molar-refractivity contribution in [2.45, 2.75) is 35.5 Å². The summed E-state index contributed by atoms with van der Waals surface area (Å²) in [5.74, 6) is 0. The first-order valence-electron chi connectivity index (χ1n) is 7.53. The highest BCUT2D eigenvalue weighted by Crippen LogP contribution is 2.35. The first-order chi connectivity index (χ1) is 12.6. The number of halogens is 4. The molecule has 13 heteroatoms. The highest BCUT2D eigenvalue weighted by molar-refractivity contribution is 7.93. The van der Waals surface area contributed by atoms with E-state index in [4.69, 9.17) is 17.3 Å². The van der Waals surface area contributed by atoms with Gasteiger partial charge < -0.3 is 5.73 Å². The van der Waals surface area contributed by atoms with Gasteiger partial charge in [0.1, 0.15) is 4.87 Å². The minimum atomic E-state index is -5.69. The van der Waals surface area contributed by atoms with Crippen molar-refractivity contribution in [3.63, 3.8) is 0 Å². The van der Waals surface area contributed by atoms with Gasteiger partial charge in [-0.2, -0.15) is 13.2 Å². The molecule has 0 spiro atoms. The Morgan fingerprint density at radius 2 is 1.79 bits per heavy atom. The second kappa shape index (κ2) is 7.48. The molecule has 0 aliphatic carbocycles. The van der Waals surface area contributed by atoms with Crippen LogP contribution in [0, 0.1) is 6.92 Å². The van der Waals surface area contributed by atoms with Crippen LogP contribution in [0.15, 0.2) is 33.9 Å². The van der Waals surface area contributed by atoms with Crippen molar-refractivity contribution >= 4 is 48.5 Å². The van der Waals surface area contributed by atoms with Crippen LogP contribution in [-0.4, -0.2) is 27.2 Å². The lowest BCUT2D eigenvalue weighted by atomic mass is 10.1.